The summed E-state index contributed by atoms with van der Waals surface area (Å²) in [6, 6.07) is 5.51. The van der Waals surface area contributed by atoms with Gasteiger partial charge in [0.05, 0.1) is 0 Å². The average molecular weight is 424 g/mol. The number of allylic oxidation sites excluding steroid dienone is 2. The van der Waals surface area contributed by atoms with Crippen LogP contribution in [-0.2, 0) is 11.2 Å². The highest BCUT2D eigenvalue weighted by Crippen LogP contribution is 2.35. The summed E-state index contributed by atoms with van der Waals surface area (Å²) in [5.41, 5.74) is -0.0615. The molecule has 0 bridgehead atoms. The van der Waals surface area contributed by atoms with E-state index in [2.05, 4.69) is 15.9 Å². The van der Waals surface area contributed by atoms with E-state index >= 15 is 4.39 Å². The van der Waals surface area contributed by atoms with Crippen LogP contribution < -0.4 is 0 Å². The Bertz CT molecular complexity index is 774. The number of ether oxygens (including phenoxy) is 1. The van der Waals surface area contributed by atoms with Crippen LogP contribution in [0.1, 0.15) is 49.5 Å². The molecule has 1 aromatic carbocycles. The summed E-state index contributed by atoms with van der Waals surface area (Å²) in [7, 11) is 0. The van der Waals surface area contributed by atoms with Gasteiger partial charge in [0.2, 0.25) is 0 Å². The number of fused-ring (bicyclic) bond motifs is 1. The molecule has 4 nitrogen and oxygen atoms in total. The fourth-order valence-corrected chi connectivity index (χ4v) is 3.76. The number of benzene rings is 1. The number of alkyl halides is 1. The lowest BCUT2D eigenvalue weighted by molar-refractivity contribution is 0.0106. The summed E-state index contributed by atoms with van der Waals surface area (Å²) in [5, 5.41) is 0. The Morgan fingerprint density at radius 2 is 1.96 bits per heavy atom. The number of nitrogens with zero attached hydrogens (tertiary/aromatic N) is 1. The number of carbonyl (C=O) groups is 2. The maximum Gasteiger partial charge on any atom is 0.410 e. The fraction of sp³-hybridized carbons (Fsp3) is 0.500. The van der Waals surface area contributed by atoms with E-state index in [0.717, 1.165) is 10.0 Å². The highest BCUT2D eigenvalue weighted by atomic mass is 79.9. The normalized spacial score (nSPS) is 21.0. The highest BCUT2D eigenvalue weighted by Gasteiger charge is 2.37. The summed E-state index contributed by atoms with van der Waals surface area (Å²) in [5.74, 6) is -0.0981. The predicted octanol–water partition coefficient (Wildman–Crippen LogP) is 4.85. The van der Waals surface area contributed by atoms with Crippen LogP contribution in [0.4, 0.5) is 9.18 Å². The molecule has 26 heavy (non-hydrogen) atoms. The van der Waals surface area contributed by atoms with E-state index in [0.29, 0.717) is 17.6 Å². The first-order valence-corrected chi connectivity index (χ1v) is 9.57. The van der Waals surface area contributed by atoms with Crippen LogP contribution in [-0.4, -0.2) is 41.1 Å². The van der Waals surface area contributed by atoms with Crippen LogP contribution in [0.25, 0.3) is 0 Å². The van der Waals surface area contributed by atoms with E-state index in [9.17, 15) is 9.59 Å². The fourth-order valence-electron chi connectivity index (χ4n) is 3.35. The van der Waals surface area contributed by atoms with Crippen molar-refractivity contribution in [1.29, 1.82) is 0 Å². The molecule has 1 fully saturated rings. The molecule has 0 spiro atoms. The lowest BCUT2D eigenvalue weighted by atomic mass is 9.90. The minimum atomic E-state index is -1.57. The zero-order valence-electron chi connectivity index (χ0n) is 15.3. The Labute approximate surface area is 161 Å². The van der Waals surface area contributed by atoms with Crippen LogP contribution in [0.5, 0.6) is 0 Å². The van der Waals surface area contributed by atoms with Crippen molar-refractivity contribution in [1.82, 2.24) is 4.90 Å². The summed E-state index contributed by atoms with van der Waals surface area (Å²) in [6.45, 7) is 5.98. The monoisotopic (exact) mass is 423 g/mol. The van der Waals surface area contributed by atoms with E-state index in [1.807, 2.05) is 12.1 Å². The summed E-state index contributed by atoms with van der Waals surface area (Å²) < 4.78 is 21.5. The molecule has 1 saturated heterocycles. The summed E-state index contributed by atoms with van der Waals surface area (Å²) in [6.07, 6.45) is 1.86. The Morgan fingerprint density at radius 1 is 1.31 bits per heavy atom. The highest BCUT2D eigenvalue weighted by molar-refractivity contribution is 9.10. The van der Waals surface area contributed by atoms with E-state index in [1.165, 1.54) is 11.0 Å². The van der Waals surface area contributed by atoms with Gasteiger partial charge in [-0.05, 0) is 50.6 Å². The van der Waals surface area contributed by atoms with Gasteiger partial charge in [-0.15, -0.1) is 0 Å². The third kappa shape index (κ3) is 4.17. The van der Waals surface area contributed by atoms with E-state index in [-0.39, 0.29) is 31.7 Å². The number of hydrogen-bond donors (Lipinski definition) is 0. The van der Waals surface area contributed by atoms with Crippen molar-refractivity contribution >= 4 is 27.8 Å². The van der Waals surface area contributed by atoms with Gasteiger partial charge in [0.25, 0.3) is 0 Å². The third-order valence-corrected chi connectivity index (χ3v) is 5.16. The number of piperidine rings is 1. The standard InChI is InChI=1S/C20H23BrFNO3/c1-19(2,3)26-18(25)23-8-6-20(22,7-9-23)12-14-10-13-11-15(21)4-5-16(13)17(14)24/h4-5,11-12H,6-10H2,1-3H3/b14-12+. The molecule has 1 heterocycles. The van der Waals surface area contributed by atoms with Gasteiger partial charge in [-0.1, -0.05) is 15.9 Å². The first kappa shape index (κ1) is 19.1. The summed E-state index contributed by atoms with van der Waals surface area (Å²) >= 11 is 3.40. The number of likely N-dealkylation sites (tertiary alicyclic amines) is 1. The minimum Gasteiger partial charge on any atom is -0.444 e. The van der Waals surface area contributed by atoms with E-state index in [1.54, 1.807) is 26.8 Å². The lowest BCUT2D eigenvalue weighted by Gasteiger charge is -2.35. The molecule has 0 unspecified atom stereocenters. The third-order valence-electron chi connectivity index (χ3n) is 4.66. The largest absolute Gasteiger partial charge is 0.444 e. The smallest absolute Gasteiger partial charge is 0.410 e. The minimum absolute atomic E-state index is 0.0981. The predicted molar refractivity (Wildman–Crippen MR) is 101 cm³/mol. The topological polar surface area (TPSA) is 46.6 Å². The van der Waals surface area contributed by atoms with Gasteiger partial charge in [-0.3, -0.25) is 4.79 Å². The van der Waals surface area contributed by atoms with Gasteiger partial charge < -0.3 is 9.64 Å². The van der Waals surface area contributed by atoms with Crippen LogP contribution in [0, 0.1) is 0 Å². The SMILES string of the molecule is CC(C)(C)OC(=O)N1CCC(F)(/C=C2\Cc3cc(Br)ccc3C2=O)CC1. The zero-order valence-corrected chi connectivity index (χ0v) is 16.9. The quantitative estimate of drug-likeness (QED) is 0.606. The first-order chi connectivity index (χ1) is 12.1. The van der Waals surface area contributed by atoms with E-state index in [4.69, 9.17) is 4.74 Å². The molecule has 140 valence electrons. The molecule has 1 aromatic rings. The molecule has 0 aromatic heterocycles. The number of amides is 1. The van der Waals surface area contributed by atoms with Crippen molar-refractivity contribution in [2.75, 3.05) is 13.1 Å². The van der Waals surface area contributed by atoms with Gasteiger partial charge in [0, 0.05) is 48.0 Å². The molecule has 0 radical (unpaired) electrons. The second kappa shape index (κ2) is 6.80. The lowest BCUT2D eigenvalue weighted by Crippen LogP contribution is -2.45. The Hall–Kier alpha value is -1.69. The number of carbonyl (C=O) groups excluding carboxylic acids is 2. The number of rotatable bonds is 1. The number of halogens is 2. The van der Waals surface area contributed by atoms with Gasteiger partial charge in [0.1, 0.15) is 11.3 Å². The van der Waals surface area contributed by atoms with E-state index < -0.39 is 17.4 Å². The molecule has 1 aliphatic carbocycles. The number of Topliss-reactive ketones (excluding diaryl/α,β-unsaturated/α-hetero) is 1. The molecule has 1 aliphatic heterocycles. The van der Waals surface area contributed by atoms with Crippen LogP contribution in [0.15, 0.2) is 34.3 Å². The Balaban J connectivity index is 1.68. The van der Waals surface area contributed by atoms with Gasteiger partial charge >= 0.3 is 6.09 Å². The molecule has 0 saturated carbocycles. The first-order valence-electron chi connectivity index (χ1n) is 8.78. The van der Waals surface area contributed by atoms with Gasteiger partial charge in [-0.2, -0.15) is 0 Å². The molecule has 0 atom stereocenters. The maximum atomic E-state index is 15.3. The van der Waals surface area contributed by atoms with Crippen molar-refractivity contribution in [3.8, 4) is 0 Å². The van der Waals surface area contributed by atoms with Gasteiger partial charge in [0.15, 0.2) is 5.78 Å². The average Bonchev–Trinajstić information content (AvgIpc) is 2.81. The van der Waals surface area contributed by atoms with Crippen molar-refractivity contribution in [3.63, 3.8) is 0 Å². The van der Waals surface area contributed by atoms with Crippen LogP contribution in [0.3, 0.4) is 0 Å². The molecule has 2 aliphatic rings. The van der Waals surface area contributed by atoms with Gasteiger partial charge in [-0.25, -0.2) is 9.18 Å². The second-order valence-corrected chi connectivity index (χ2v) is 8.89. The van der Waals surface area contributed by atoms with Crippen molar-refractivity contribution in [3.05, 3.63) is 45.4 Å². The maximum absolute atomic E-state index is 15.3. The second-order valence-electron chi connectivity index (χ2n) is 7.98. The van der Waals surface area contributed by atoms with Crippen molar-refractivity contribution in [2.45, 2.75) is 51.3 Å². The molecule has 0 N–H and O–H groups in total. The number of ketones is 1. The molecular weight excluding hydrogens is 401 g/mol. The Kier molecular flexibility index (Phi) is 4.99. The zero-order chi connectivity index (χ0) is 19.1. The van der Waals surface area contributed by atoms with Crippen LogP contribution in [0.2, 0.25) is 0 Å². The molecule has 6 heteroatoms. The molecule has 3 rings (SSSR count). The van der Waals surface area contributed by atoms with Crippen LogP contribution >= 0.6 is 15.9 Å². The van der Waals surface area contributed by atoms with Crippen molar-refractivity contribution in [2.24, 2.45) is 0 Å². The number of hydrogen-bond acceptors (Lipinski definition) is 3. The molecular formula is C20H23BrFNO3. The summed E-state index contributed by atoms with van der Waals surface area (Å²) in [4.78, 5) is 26.2. The molecule has 1 amide bonds. The van der Waals surface area contributed by atoms with Crippen molar-refractivity contribution < 1.29 is 18.7 Å². The Morgan fingerprint density at radius 3 is 2.58 bits per heavy atom.